The molecule has 0 aromatic heterocycles. The maximum Gasteiger partial charge on any atom is 0.238 e. The van der Waals surface area contributed by atoms with Crippen molar-refractivity contribution in [3.63, 3.8) is 0 Å². The van der Waals surface area contributed by atoms with Crippen molar-refractivity contribution < 1.29 is 23.9 Å². The molecule has 4 N–H and O–H groups in total. The Morgan fingerprint density at radius 2 is 1.68 bits per heavy atom. The number of nitrogens with two attached hydrogens (primary N) is 1. The molecule has 0 radical (unpaired) electrons. The Morgan fingerprint density at radius 1 is 1.10 bits per heavy atom. The van der Waals surface area contributed by atoms with Crippen LogP contribution in [-0.4, -0.2) is 35.7 Å². The normalized spacial score (nSPS) is 20.1. The lowest BCUT2D eigenvalue weighted by Crippen LogP contribution is -2.49. The van der Waals surface area contributed by atoms with Crippen LogP contribution in [0, 0.1) is 17.8 Å². The van der Waals surface area contributed by atoms with Gasteiger partial charge in [-0.25, -0.2) is 0 Å². The highest BCUT2D eigenvalue weighted by atomic mass is 35.5. The van der Waals surface area contributed by atoms with Gasteiger partial charge in [0.05, 0.1) is 18.1 Å². The van der Waals surface area contributed by atoms with E-state index < -0.39 is 47.4 Å². The summed E-state index contributed by atoms with van der Waals surface area (Å²) in [5.41, 5.74) is 6.93. The number of ketones is 1. The van der Waals surface area contributed by atoms with Gasteiger partial charge in [0.25, 0.3) is 0 Å². The van der Waals surface area contributed by atoms with E-state index in [4.69, 9.17) is 10.5 Å². The number of benzene rings is 1. The average Bonchev–Trinajstić information content (AvgIpc) is 2.90. The molecule has 172 valence electrons. The van der Waals surface area contributed by atoms with Crippen molar-refractivity contribution in [3.8, 4) is 5.75 Å². The first-order chi connectivity index (χ1) is 14.0. The molecule has 2 rings (SSSR count). The van der Waals surface area contributed by atoms with E-state index in [0.717, 1.165) is 11.3 Å². The Morgan fingerprint density at radius 3 is 2.13 bits per heavy atom. The van der Waals surface area contributed by atoms with Crippen molar-refractivity contribution in [2.24, 2.45) is 23.5 Å². The van der Waals surface area contributed by atoms with Gasteiger partial charge in [-0.2, -0.15) is 0 Å². The highest BCUT2D eigenvalue weighted by Gasteiger charge is 2.46. The molecule has 31 heavy (non-hydrogen) atoms. The van der Waals surface area contributed by atoms with Gasteiger partial charge in [-0.15, -0.1) is 12.4 Å². The van der Waals surface area contributed by atoms with Crippen LogP contribution < -0.4 is 21.1 Å². The molecule has 1 saturated heterocycles. The quantitative estimate of drug-likeness (QED) is 0.387. The van der Waals surface area contributed by atoms with Crippen LogP contribution in [0.1, 0.15) is 52.6 Å². The van der Waals surface area contributed by atoms with E-state index in [1.807, 2.05) is 13.8 Å². The van der Waals surface area contributed by atoms with Crippen LogP contribution in [0.5, 0.6) is 5.75 Å². The summed E-state index contributed by atoms with van der Waals surface area (Å²) in [6.45, 7) is 8.94. The molecule has 1 aliphatic heterocycles. The van der Waals surface area contributed by atoms with E-state index in [1.165, 1.54) is 6.92 Å². The summed E-state index contributed by atoms with van der Waals surface area (Å²) in [5, 5.41) is 4.88. The number of amides is 3. The van der Waals surface area contributed by atoms with E-state index in [-0.39, 0.29) is 30.8 Å². The second-order valence-electron chi connectivity index (χ2n) is 8.36. The van der Waals surface area contributed by atoms with Crippen molar-refractivity contribution in [1.82, 2.24) is 10.6 Å². The van der Waals surface area contributed by atoms with Gasteiger partial charge < -0.3 is 15.8 Å². The molecule has 8 nitrogen and oxygen atoms in total. The van der Waals surface area contributed by atoms with E-state index in [0.29, 0.717) is 0 Å². The first kappa shape index (κ1) is 26.6. The number of ether oxygens (including phenoxy) is 1. The standard InChI is InChI=1S/C22H31N3O5.ClH/c1-11(2)19(20(27)18-13(5)21(28)25-22(18)29)24-17(26)10-16(23)14-6-8-15(9-7-14)30-12(3)4;/h6-9,11-13,16,18-19H,10,23H2,1-5H3,(H,24,26)(H,25,28,29);1H/t13-,16-,18+,19-;/m0./s1. The molecule has 1 aromatic rings. The number of imide groups is 1. The average molecular weight is 454 g/mol. The molecule has 0 bridgehead atoms. The number of hydrogen-bond acceptors (Lipinski definition) is 6. The van der Waals surface area contributed by atoms with E-state index in [1.54, 1.807) is 38.1 Å². The summed E-state index contributed by atoms with van der Waals surface area (Å²) < 4.78 is 5.59. The van der Waals surface area contributed by atoms with E-state index in [9.17, 15) is 19.2 Å². The largest absolute Gasteiger partial charge is 0.491 e. The maximum absolute atomic E-state index is 12.9. The number of hydrogen-bond donors (Lipinski definition) is 3. The van der Waals surface area contributed by atoms with Crippen LogP contribution in [0.4, 0.5) is 0 Å². The monoisotopic (exact) mass is 453 g/mol. The molecule has 1 aromatic carbocycles. The fourth-order valence-corrected chi connectivity index (χ4v) is 3.44. The molecule has 1 fully saturated rings. The molecule has 1 heterocycles. The lowest BCUT2D eigenvalue weighted by Gasteiger charge is -2.25. The van der Waals surface area contributed by atoms with Crippen LogP contribution in [0.25, 0.3) is 0 Å². The zero-order chi connectivity index (χ0) is 22.6. The van der Waals surface area contributed by atoms with E-state index in [2.05, 4.69) is 10.6 Å². The number of rotatable bonds is 9. The third-order valence-corrected chi connectivity index (χ3v) is 5.12. The number of halogens is 1. The van der Waals surface area contributed by atoms with Crippen LogP contribution in [0.2, 0.25) is 0 Å². The molecular formula is C22H32ClN3O5. The number of carbonyl (C=O) groups excluding carboxylic acids is 4. The zero-order valence-corrected chi connectivity index (χ0v) is 19.3. The van der Waals surface area contributed by atoms with Crippen molar-refractivity contribution >= 4 is 35.9 Å². The fraction of sp³-hybridized carbons (Fsp3) is 0.545. The van der Waals surface area contributed by atoms with Gasteiger partial charge in [-0.05, 0) is 37.5 Å². The molecule has 0 aliphatic carbocycles. The van der Waals surface area contributed by atoms with Crippen molar-refractivity contribution in [2.75, 3.05) is 0 Å². The molecule has 1 aliphatic rings. The van der Waals surface area contributed by atoms with Crippen molar-refractivity contribution in [1.29, 1.82) is 0 Å². The molecule has 0 spiro atoms. The SMILES string of the molecule is CC(C)Oc1ccc([C@@H](N)CC(=O)N[C@H](C(=O)[C@@H]2C(=O)NC(=O)[C@H]2C)C(C)C)cc1.Cl. The van der Waals surface area contributed by atoms with Gasteiger partial charge in [0.2, 0.25) is 17.7 Å². The van der Waals surface area contributed by atoms with Gasteiger partial charge in [-0.1, -0.05) is 32.9 Å². The smallest absolute Gasteiger partial charge is 0.238 e. The summed E-state index contributed by atoms with van der Waals surface area (Å²) in [6, 6.07) is 5.76. The minimum Gasteiger partial charge on any atom is -0.491 e. The van der Waals surface area contributed by atoms with E-state index >= 15 is 0 Å². The third kappa shape index (κ3) is 6.77. The fourth-order valence-electron chi connectivity index (χ4n) is 3.44. The first-order valence-corrected chi connectivity index (χ1v) is 10.2. The van der Waals surface area contributed by atoms with Gasteiger partial charge in [0, 0.05) is 12.5 Å². The summed E-state index contributed by atoms with van der Waals surface area (Å²) in [6.07, 6.45) is 0.0347. The van der Waals surface area contributed by atoms with Gasteiger partial charge in [0.1, 0.15) is 11.7 Å². The Labute approximate surface area is 189 Å². The third-order valence-electron chi connectivity index (χ3n) is 5.12. The second-order valence-corrected chi connectivity index (χ2v) is 8.36. The van der Waals surface area contributed by atoms with Crippen molar-refractivity contribution in [2.45, 2.75) is 59.2 Å². The molecule has 0 saturated carbocycles. The second kappa shape index (κ2) is 11.2. The summed E-state index contributed by atoms with van der Waals surface area (Å²) in [4.78, 5) is 49.2. The number of nitrogens with one attached hydrogen (secondary N) is 2. The minimum atomic E-state index is -1.09. The molecule has 9 heteroatoms. The Balaban J connectivity index is 0.00000480. The minimum absolute atomic E-state index is 0. The predicted molar refractivity (Wildman–Crippen MR) is 119 cm³/mol. The van der Waals surface area contributed by atoms with Crippen LogP contribution in [0.3, 0.4) is 0 Å². The Hall–Kier alpha value is -2.45. The Kier molecular flexibility index (Phi) is 9.65. The maximum atomic E-state index is 12.9. The van der Waals surface area contributed by atoms with Gasteiger partial charge >= 0.3 is 0 Å². The topological polar surface area (TPSA) is 128 Å². The summed E-state index contributed by atoms with van der Waals surface area (Å²) in [5.74, 6) is -3.32. The predicted octanol–water partition coefficient (Wildman–Crippen LogP) is 1.90. The first-order valence-electron chi connectivity index (χ1n) is 10.2. The summed E-state index contributed by atoms with van der Waals surface area (Å²) in [7, 11) is 0. The lowest BCUT2D eigenvalue weighted by molar-refractivity contribution is -0.137. The molecular weight excluding hydrogens is 422 g/mol. The zero-order valence-electron chi connectivity index (χ0n) is 18.5. The van der Waals surface area contributed by atoms with Crippen LogP contribution in [0.15, 0.2) is 24.3 Å². The number of Topliss-reactive ketones (excluding diaryl/α,β-unsaturated/α-hetero) is 1. The lowest BCUT2D eigenvalue weighted by atomic mass is 9.85. The van der Waals surface area contributed by atoms with Crippen molar-refractivity contribution in [3.05, 3.63) is 29.8 Å². The highest BCUT2D eigenvalue weighted by Crippen LogP contribution is 2.24. The van der Waals surface area contributed by atoms with Crippen LogP contribution in [-0.2, 0) is 19.2 Å². The van der Waals surface area contributed by atoms with Crippen LogP contribution >= 0.6 is 12.4 Å². The molecule has 0 unspecified atom stereocenters. The molecule has 3 amide bonds. The number of carbonyl (C=O) groups is 4. The Bertz CT molecular complexity index is 810. The highest BCUT2D eigenvalue weighted by molar-refractivity contribution is 6.16. The van der Waals surface area contributed by atoms with Gasteiger partial charge in [0.15, 0.2) is 5.78 Å². The molecule has 4 atom stereocenters. The summed E-state index contributed by atoms with van der Waals surface area (Å²) >= 11 is 0. The van der Waals surface area contributed by atoms with Gasteiger partial charge in [-0.3, -0.25) is 24.5 Å².